The minimum absolute atomic E-state index is 0.00981. The van der Waals surface area contributed by atoms with Gasteiger partial charge in [-0.05, 0) is 25.0 Å². The van der Waals surface area contributed by atoms with Crippen LogP contribution in [0.25, 0.3) is 0 Å². The van der Waals surface area contributed by atoms with E-state index in [1.54, 1.807) is 6.07 Å². The van der Waals surface area contributed by atoms with E-state index in [0.29, 0.717) is 0 Å². The van der Waals surface area contributed by atoms with E-state index in [1.165, 1.54) is 12.1 Å². The first kappa shape index (κ1) is 9.66. The van der Waals surface area contributed by atoms with Crippen LogP contribution in [0, 0.1) is 11.7 Å². The summed E-state index contributed by atoms with van der Waals surface area (Å²) in [7, 11) is 0. The summed E-state index contributed by atoms with van der Waals surface area (Å²) in [6.45, 7) is 0. The molecule has 0 bridgehead atoms. The molecule has 1 aromatic carbocycles. The van der Waals surface area contributed by atoms with E-state index in [2.05, 4.69) is 0 Å². The first-order valence-corrected chi connectivity index (χ1v) is 5.06. The Morgan fingerprint density at radius 2 is 2.14 bits per heavy atom. The van der Waals surface area contributed by atoms with Crippen LogP contribution < -0.4 is 0 Å². The molecule has 0 unspecified atom stereocenters. The molecule has 0 saturated heterocycles. The minimum Gasteiger partial charge on any atom is -0.294 e. The molecule has 1 aliphatic carbocycles. The second-order valence-corrected chi connectivity index (χ2v) is 4.00. The summed E-state index contributed by atoms with van der Waals surface area (Å²) in [4.78, 5) is 11.7. The highest BCUT2D eigenvalue weighted by molar-refractivity contribution is 6.34. The SMILES string of the molecule is O=C(c1c(F)cccc1Cl)C1CCC1. The number of rotatable bonds is 2. The molecular weight excluding hydrogens is 203 g/mol. The number of hydrogen-bond acceptors (Lipinski definition) is 1. The van der Waals surface area contributed by atoms with Crippen molar-refractivity contribution < 1.29 is 9.18 Å². The van der Waals surface area contributed by atoms with Gasteiger partial charge in [0.05, 0.1) is 10.6 Å². The molecule has 3 heteroatoms. The van der Waals surface area contributed by atoms with Crippen LogP contribution in [0.5, 0.6) is 0 Å². The molecule has 74 valence electrons. The van der Waals surface area contributed by atoms with Gasteiger partial charge in [0.25, 0.3) is 0 Å². The summed E-state index contributed by atoms with van der Waals surface area (Å²) in [6, 6.07) is 4.34. The van der Waals surface area contributed by atoms with Gasteiger partial charge >= 0.3 is 0 Å². The van der Waals surface area contributed by atoms with Crippen LogP contribution in [-0.2, 0) is 0 Å². The molecule has 2 rings (SSSR count). The molecule has 0 aromatic heterocycles. The van der Waals surface area contributed by atoms with Crippen molar-refractivity contribution in [2.75, 3.05) is 0 Å². The molecule has 0 heterocycles. The second-order valence-electron chi connectivity index (χ2n) is 3.59. The predicted octanol–water partition coefficient (Wildman–Crippen LogP) is 3.46. The number of benzene rings is 1. The van der Waals surface area contributed by atoms with E-state index in [9.17, 15) is 9.18 Å². The van der Waals surface area contributed by atoms with Crippen molar-refractivity contribution in [2.45, 2.75) is 19.3 Å². The van der Waals surface area contributed by atoms with Crippen LogP contribution in [0.2, 0.25) is 5.02 Å². The lowest BCUT2D eigenvalue weighted by molar-refractivity contribution is 0.0851. The quantitative estimate of drug-likeness (QED) is 0.687. The van der Waals surface area contributed by atoms with Gasteiger partial charge in [-0.1, -0.05) is 24.1 Å². The summed E-state index contributed by atoms with van der Waals surface area (Å²) in [6.07, 6.45) is 2.79. The van der Waals surface area contributed by atoms with Gasteiger partial charge in [0.2, 0.25) is 0 Å². The monoisotopic (exact) mass is 212 g/mol. The fourth-order valence-corrected chi connectivity index (χ4v) is 1.86. The summed E-state index contributed by atoms with van der Waals surface area (Å²) >= 11 is 5.79. The molecule has 1 fully saturated rings. The Kier molecular flexibility index (Phi) is 2.55. The third-order valence-corrected chi connectivity index (χ3v) is 3.00. The maximum absolute atomic E-state index is 13.3. The molecular formula is C11H10ClFO. The van der Waals surface area contributed by atoms with Gasteiger partial charge in [0.15, 0.2) is 5.78 Å². The maximum atomic E-state index is 13.3. The van der Waals surface area contributed by atoms with Crippen LogP contribution >= 0.6 is 11.6 Å². The molecule has 1 nitrogen and oxygen atoms in total. The zero-order chi connectivity index (χ0) is 10.1. The lowest BCUT2D eigenvalue weighted by atomic mass is 9.80. The first-order chi connectivity index (χ1) is 6.70. The Labute approximate surface area is 86.9 Å². The molecule has 0 aliphatic heterocycles. The molecule has 0 spiro atoms. The van der Waals surface area contributed by atoms with Crippen LogP contribution in [0.3, 0.4) is 0 Å². The smallest absolute Gasteiger partial charge is 0.170 e. The van der Waals surface area contributed by atoms with E-state index in [1.807, 2.05) is 0 Å². The fraction of sp³-hybridized carbons (Fsp3) is 0.364. The zero-order valence-electron chi connectivity index (χ0n) is 7.59. The number of hydrogen-bond donors (Lipinski definition) is 0. The lowest BCUT2D eigenvalue weighted by Crippen LogP contribution is -2.23. The highest BCUT2D eigenvalue weighted by atomic mass is 35.5. The van der Waals surface area contributed by atoms with Crippen molar-refractivity contribution in [1.29, 1.82) is 0 Å². The second kappa shape index (κ2) is 3.70. The van der Waals surface area contributed by atoms with E-state index in [4.69, 9.17) is 11.6 Å². The van der Waals surface area contributed by atoms with Crippen molar-refractivity contribution in [1.82, 2.24) is 0 Å². The molecule has 0 N–H and O–H groups in total. The van der Waals surface area contributed by atoms with Gasteiger partial charge in [0.1, 0.15) is 5.82 Å². The number of Topliss-reactive ketones (excluding diaryl/α,β-unsaturated/α-hetero) is 1. The average Bonchev–Trinajstić information content (AvgIpc) is 2.00. The van der Waals surface area contributed by atoms with Crippen LogP contribution in [-0.4, -0.2) is 5.78 Å². The molecule has 0 radical (unpaired) electrons. The molecule has 0 amide bonds. The largest absolute Gasteiger partial charge is 0.294 e. The highest BCUT2D eigenvalue weighted by Gasteiger charge is 2.29. The summed E-state index contributed by atoms with van der Waals surface area (Å²) < 4.78 is 13.3. The lowest BCUT2D eigenvalue weighted by Gasteiger charge is -2.24. The Morgan fingerprint density at radius 3 is 2.64 bits per heavy atom. The fourth-order valence-electron chi connectivity index (χ4n) is 1.61. The zero-order valence-corrected chi connectivity index (χ0v) is 8.35. The van der Waals surface area contributed by atoms with Crippen molar-refractivity contribution in [3.05, 3.63) is 34.6 Å². The van der Waals surface area contributed by atoms with Crippen LogP contribution in [0.4, 0.5) is 4.39 Å². The number of carbonyl (C=O) groups excluding carboxylic acids is 1. The Morgan fingerprint density at radius 1 is 1.43 bits per heavy atom. The van der Waals surface area contributed by atoms with E-state index >= 15 is 0 Å². The highest BCUT2D eigenvalue weighted by Crippen LogP contribution is 2.32. The summed E-state index contributed by atoms with van der Waals surface area (Å²) in [5.41, 5.74) is 0.0684. The van der Waals surface area contributed by atoms with Crippen LogP contribution in [0.1, 0.15) is 29.6 Å². The Bertz CT molecular complexity index is 351. The third-order valence-electron chi connectivity index (χ3n) is 2.69. The van der Waals surface area contributed by atoms with Crippen molar-refractivity contribution >= 4 is 17.4 Å². The maximum Gasteiger partial charge on any atom is 0.170 e. The van der Waals surface area contributed by atoms with Crippen molar-refractivity contribution in [2.24, 2.45) is 5.92 Å². The Balaban J connectivity index is 2.34. The van der Waals surface area contributed by atoms with Crippen molar-refractivity contribution in [3.63, 3.8) is 0 Å². The van der Waals surface area contributed by atoms with Gasteiger partial charge in [-0.25, -0.2) is 4.39 Å². The molecule has 1 aromatic rings. The normalized spacial score (nSPS) is 16.4. The van der Waals surface area contributed by atoms with Gasteiger partial charge in [-0.2, -0.15) is 0 Å². The molecule has 0 atom stereocenters. The van der Waals surface area contributed by atoms with Gasteiger partial charge in [-0.3, -0.25) is 4.79 Å². The van der Waals surface area contributed by atoms with E-state index in [-0.39, 0.29) is 22.3 Å². The van der Waals surface area contributed by atoms with Crippen molar-refractivity contribution in [3.8, 4) is 0 Å². The summed E-state index contributed by atoms with van der Waals surface area (Å²) in [5.74, 6) is -0.654. The molecule has 14 heavy (non-hydrogen) atoms. The standard InChI is InChI=1S/C11H10ClFO/c12-8-5-2-6-9(13)10(8)11(14)7-3-1-4-7/h2,5-7H,1,3-4H2. The summed E-state index contributed by atoms with van der Waals surface area (Å²) in [5, 5.41) is 0.224. The third kappa shape index (κ3) is 1.55. The van der Waals surface area contributed by atoms with Gasteiger partial charge in [0, 0.05) is 5.92 Å². The van der Waals surface area contributed by atoms with Gasteiger partial charge < -0.3 is 0 Å². The topological polar surface area (TPSA) is 17.1 Å². The molecule has 1 aliphatic rings. The first-order valence-electron chi connectivity index (χ1n) is 4.68. The van der Waals surface area contributed by atoms with Crippen LogP contribution in [0.15, 0.2) is 18.2 Å². The number of halogens is 2. The van der Waals surface area contributed by atoms with Gasteiger partial charge in [-0.15, -0.1) is 0 Å². The Hall–Kier alpha value is -0.890. The number of ketones is 1. The molecule has 1 saturated carbocycles. The predicted molar refractivity (Wildman–Crippen MR) is 53.1 cm³/mol. The number of carbonyl (C=O) groups is 1. The van der Waals surface area contributed by atoms with E-state index in [0.717, 1.165) is 19.3 Å². The minimum atomic E-state index is -0.505. The average molecular weight is 213 g/mol. The van der Waals surface area contributed by atoms with E-state index < -0.39 is 5.82 Å².